The maximum Gasteiger partial charge on any atom is 0.120 e. The molecule has 3 heteroatoms. The Morgan fingerprint density at radius 2 is 2.30 bits per heavy atom. The molecule has 1 atom stereocenters. The fourth-order valence-corrected chi connectivity index (χ4v) is 0.760. The van der Waals surface area contributed by atoms with Gasteiger partial charge in [0.25, 0.3) is 0 Å². The second-order valence-corrected chi connectivity index (χ2v) is 2.00. The SMILES string of the molecule is COC1=CC(O)[CH]C(O)=C1. The van der Waals surface area contributed by atoms with Crippen LogP contribution in [0.5, 0.6) is 0 Å². The van der Waals surface area contributed by atoms with E-state index in [1.165, 1.54) is 25.7 Å². The molecule has 10 heavy (non-hydrogen) atoms. The van der Waals surface area contributed by atoms with Crippen LogP contribution >= 0.6 is 0 Å². The Balaban J connectivity index is 2.72. The van der Waals surface area contributed by atoms with Crippen LogP contribution in [0.15, 0.2) is 23.7 Å². The Labute approximate surface area is 59.2 Å². The Morgan fingerprint density at radius 3 is 2.80 bits per heavy atom. The smallest absolute Gasteiger partial charge is 0.120 e. The van der Waals surface area contributed by atoms with Gasteiger partial charge in [0.05, 0.1) is 19.6 Å². The van der Waals surface area contributed by atoms with Gasteiger partial charge in [-0.25, -0.2) is 0 Å². The highest BCUT2D eigenvalue weighted by Crippen LogP contribution is 2.14. The number of ether oxygens (including phenoxy) is 1. The van der Waals surface area contributed by atoms with Crippen molar-refractivity contribution in [2.45, 2.75) is 6.10 Å². The predicted molar refractivity (Wildman–Crippen MR) is 36.1 cm³/mol. The van der Waals surface area contributed by atoms with Gasteiger partial charge in [-0.1, -0.05) is 0 Å². The van der Waals surface area contributed by atoms with Gasteiger partial charge < -0.3 is 14.9 Å². The van der Waals surface area contributed by atoms with Gasteiger partial charge in [-0.2, -0.15) is 0 Å². The van der Waals surface area contributed by atoms with Crippen LogP contribution in [0.1, 0.15) is 0 Å². The summed E-state index contributed by atoms with van der Waals surface area (Å²) in [5.41, 5.74) is 0. The first-order chi connectivity index (χ1) is 4.72. The second-order valence-electron chi connectivity index (χ2n) is 2.00. The highest BCUT2D eigenvalue weighted by molar-refractivity contribution is 5.29. The molecule has 0 saturated heterocycles. The lowest BCUT2D eigenvalue weighted by Gasteiger charge is -2.12. The maximum atomic E-state index is 8.97. The highest BCUT2D eigenvalue weighted by atomic mass is 16.5. The number of aliphatic hydroxyl groups excluding tert-OH is 2. The van der Waals surface area contributed by atoms with Gasteiger partial charge in [-0.3, -0.25) is 0 Å². The van der Waals surface area contributed by atoms with Gasteiger partial charge in [0, 0.05) is 6.08 Å². The Kier molecular flexibility index (Phi) is 1.97. The summed E-state index contributed by atoms with van der Waals surface area (Å²) in [6.45, 7) is 0. The van der Waals surface area contributed by atoms with Crippen molar-refractivity contribution in [1.29, 1.82) is 0 Å². The summed E-state index contributed by atoms with van der Waals surface area (Å²) in [4.78, 5) is 0. The fraction of sp³-hybridized carbons (Fsp3) is 0.286. The minimum Gasteiger partial charge on any atom is -0.512 e. The molecule has 1 aliphatic rings. The van der Waals surface area contributed by atoms with Crippen LogP contribution in [0.2, 0.25) is 0 Å². The third kappa shape index (κ3) is 1.51. The molecule has 0 heterocycles. The topological polar surface area (TPSA) is 49.7 Å². The average molecular weight is 141 g/mol. The van der Waals surface area contributed by atoms with E-state index < -0.39 is 6.10 Å². The van der Waals surface area contributed by atoms with Crippen LogP contribution < -0.4 is 0 Å². The van der Waals surface area contributed by atoms with Crippen LogP contribution in [0, 0.1) is 6.42 Å². The zero-order valence-electron chi connectivity index (χ0n) is 5.61. The Hall–Kier alpha value is -0.960. The second kappa shape index (κ2) is 2.75. The predicted octanol–water partition coefficient (Wildman–Crippen LogP) is 0.537. The molecule has 0 aromatic rings. The summed E-state index contributed by atoms with van der Waals surface area (Å²) in [5, 5.41) is 17.9. The van der Waals surface area contributed by atoms with Gasteiger partial charge in [0.2, 0.25) is 0 Å². The fourth-order valence-electron chi connectivity index (χ4n) is 0.760. The molecule has 1 aliphatic carbocycles. The summed E-state index contributed by atoms with van der Waals surface area (Å²) in [7, 11) is 1.48. The molecule has 0 bridgehead atoms. The van der Waals surface area contributed by atoms with E-state index in [0.29, 0.717) is 5.76 Å². The van der Waals surface area contributed by atoms with Gasteiger partial charge in [-0.15, -0.1) is 0 Å². The first-order valence-corrected chi connectivity index (χ1v) is 2.92. The zero-order valence-corrected chi connectivity index (χ0v) is 5.61. The molecule has 1 unspecified atom stereocenters. The van der Waals surface area contributed by atoms with E-state index >= 15 is 0 Å². The van der Waals surface area contributed by atoms with Crippen LogP contribution in [0.25, 0.3) is 0 Å². The van der Waals surface area contributed by atoms with Crippen molar-refractivity contribution in [3.8, 4) is 0 Å². The van der Waals surface area contributed by atoms with Crippen molar-refractivity contribution in [3.63, 3.8) is 0 Å². The van der Waals surface area contributed by atoms with E-state index in [0.717, 1.165) is 0 Å². The van der Waals surface area contributed by atoms with Gasteiger partial charge in [-0.05, 0) is 6.08 Å². The molecular weight excluding hydrogens is 132 g/mol. The molecule has 0 fully saturated rings. The minimum atomic E-state index is -0.736. The van der Waals surface area contributed by atoms with E-state index in [2.05, 4.69) is 0 Å². The molecule has 0 aliphatic heterocycles. The number of hydrogen-bond donors (Lipinski definition) is 2. The van der Waals surface area contributed by atoms with Crippen molar-refractivity contribution >= 4 is 0 Å². The molecule has 0 spiro atoms. The molecule has 1 radical (unpaired) electrons. The van der Waals surface area contributed by atoms with E-state index in [1.807, 2.05) is 0 Å². The highest BCUT2D eigenvalue weighted by Gasteiger charge is 2.11. The first kappa shape index (κ1) is 7.15. The van der Waals surface area contributed by atoms with Crippen LogP contribution in [0.3, 0.4) is 0 Å². The van der Waals surface area contributed by atoms with Crippen LogP contribution in [-0.4, -0.2) is 23.4 Å². The zero-order chi connectivity index (χ0) is 7.56. The molecule has 2 N–H and O–H groups in total. The summed E-state index contributed by atoms with van der Waals surface area (Å²) in [6.07, 6.45) is 3.52. The maximum absolute atomic E-state index is 8.97. The molecular formula is C7H9O3. The summed E-state index contributed by atoms with van der Waals surface area (Å²) < 4.78 is 4.78. The molecule has 0 aromatic heterocycles. The lowest BCUT2D eigenvalue weighted by atomic mass is 10.1. The Morgan fingerprint density at radius 1 is 1.60 bits per heavy atom. The number of allylic oxidation sites excluding steroid dienone is 1. The number of methoxy groups -OCH3 is 1. The van der Waals surface area contributed by atoms with E-state index in [1.54, 1.807) is 0 Å². The van der Waals surface area contributed by atoms with Crippen LogP contribution in [0.4, 0.5) is 0 Å². The summed E-state index contributed by atoms with van der Waals surface area (Å²) >= 11 is 0. The van der Waals surface area contributed by atoms with E-state index in [9.17, 15) is 0 Å². The normalized spacial score (nSPS) is 25.2. The van der Waals surface area contributed by atoms with Crippen molar-refractivity contribution in [3.05, 3.63) is 30.1 Å². The van der Waals surface area contributed by atoms with Crippen LogP contribution in [-0.2, 0) is 4.74 Å². The number of aliphatic hydroxyl groups is 2. The monoisotopic (exact) mass is 141 g/mol. The third-order valence-corrected chi connectivity index (χ3v) is 1.20. The molecule has 3 nitrogen and oxygen atoms in total. The molecule has 1 rings (SSSR count). The molecule has 0 saturated carbocycles. The lowest BCUT2D eigenvalue weighted by molar-refractivity contribution is 0.223. The minimum absolute atomic E-state index is 0.0341. The van der Waals surface area contributed by atoms with Gasteiger partial charge in [0.1, 0.15) is 11.5 Å². The average Bonchev–Trinajstić information content (AvgIpc) is 1.85. The van der Waals surface area contributed by atoms with E-state index in [4.69, 9.17) is 14.9 Å². The molecule has 0 aromatic carbocycles. The Bertz CT molecular complexity index is 181. The standard InChI is InChI=1S/C7H9O3/c1-10-7-3-5(8)2-6(9)4-7/h2-5,8-9H,1H3. The quantitative estimate of drug-likeness (QED) is 0.560. The van der Waals surface area contributed by atoms with Crippen molar-refractivity contribution in [2.24, 2.45) is 0 Å². The first-order valence-electron chi connectivity index (χ1n) is 2.92. The third-order valence-electron chi connectivity index (χ3n) is 1.20. The lowest BCUT2D eigenvalue weighted by Crippen LogP contribution is -2.10. The summed E-state index contributed by atoms with van der Waals surface area (Å²) in [6, 6.07) is 0. The molecule has 0 amide bonds. The van der Waals surface area contributed by atoms with Gasteiger partial charge in [0.15, 0.2) is 0 Å². The van der Waals surface area contributed by atoms with Crippen molar-refractivity contribution < 1.29 is 14.9 Å². The number of rotatable bonds is 1. The van der Waals surface area contributed by atoms with Crippen molar-refractivity contribution in [2.75, 3.05) is 7.11 Å². The van der Waals surface area contributed by atoms with E-state index in [-0.39, 0.29) is 5.76 Å². The van der Waals surface area contributed by atoms with Gasteiger partial charge >= 0.3 is 0 Å². The molecule has 55 valence electrons. The summed E-state index contributed by atoms with van der Waals surface area (Å²) in [5.74, 6) is 0.513. The van der Waals surface area contributed by atoms with Crippen molar-refractivity contribution in [1.82, 2.24) is 0 Å². The largest absolute Gasteiger partial charge is 0.512 e. The number of hydrogen-bond acceptors (Lipinski definition) is 3.